The van der Waals surface area contributed by atoms with Crippen molar-refractivity contribution in [3.63, 3.8) is 0 Å². The maximum absolute atomic E-state index is 5.94. The van der Waals surface area contributed by atoms with E-state index in [1.54, 1.807) is 7.11 Å². The maximum atomic E-state index is 5.94. The quantitative estimate of drug-likeness (QED) is 0.730. The van der Waals surface area contributed by atoms with Gasteiger partial charge in [-0.05, 0) is 25.7 Å². The van der Waals surface area contributed by atoms with E-state index < -0.39 is 0 Å². The standard InChI is InChI=1S/C12H21N3O/c1-3-7-15-11(13)14-9-12(15)6-4-5-10(8-12)16-2/h3,10H,1,4-9H2,2H3,(H2,13,14). The van der Waals surface area contributed by atoms with Gasteiger partial charge >= 0.3 is 0 Å². The normalized spacial score (nSPS) is 34.2. The van der Waals surface area contributed by atoms with Crippen molar-refractivity contribution in [2.75, 3.05) is 20.2 Å². The number of hydrogen-bond donors (Lipinski definition) is 1. The van der Waals surface area contributed by atoms with Crippen LogP contribution in [0.25, 0.3) is 0 Å². The van der Waals surface area contributed by atoms with E-state index in [9.17, 15) is 0 Å². The number of methoxy groups -OCH3 is 1. The summed E-state index contributed by atoms with van der Waals surface area (Å²) in [5.74, 6) is 0.664. The molecule has 1 aliphatic heterocycles. The highest BCUT2D eigenvalue weighted by molar-refractivity contribution is 5.81. The first-order valence-corrected chi connectivity index (χ1v) is 5.93. The third-order valence-electron chi connectivity index (χ3n) is 3.81. The summed E-state index contributed by atoms with van der Waals surface area (Å²) in [6, 6.07) is 0. The van der Waals surface area contributed by atoms with Crippen molar-refractivity contribution in [3.8, 4) is 0 Å². The lowest BCUT2D eigenvalue weighted by molar-refractivity contribution is 0.0119. The fourth-order valence-electron chi connectivity index (χ4n) is 2.93. The predicted octanol–water partition coefficient (Wildman–Crippen LogP) is 1.13. The molecule has 2 aliphatic rings. The topological polar surface area (TPSA) is 50.8 Å². The zero-order chi connectivity index (χ0) is 11.6. The average Bonchev–Trinajstić information content (AvgIpc) is 2.59. The van der Waals surface area contributed by atoms with Gasteiger partial charge in [0.2, 0.25) is 0 Å². The lowest BCUT2D eigenvalue weighted by atomic mass is 9.79. The summed E-state index contributed by atoms with van der Waals surface area (Å²) in [7, 11) is 1.79. The first-order valence-electron chi connectivity index (χ1n) is 5.93. The Hall–Kier alpha value is -1.03. The Labute approximate surface area is 97.2 Å². The smallest absolute Gasteiger partial charge is 0.192 e. The average molecular weight is 223 g/mol. The fraction of sp³-hybridized carbons (Fsp3) is 0.750. The number of nitrogens with zero attached hydrogens (tertiary/aromatic N) is 2. The van der Waals surface area contributed by atoms with Crippen molar-refractivity contribution in [3.05, 3.63) is 12.7 Å². The second-order valence-electron chi connectivity index (χ2n) is 4.75. The second kappa shape index (κ2) is 4.45. The Morgan fingerprint density at radius 3 is 3.25 bits per heavy atom. The van der Waals surface area contributed by atoms with Crippen molar-refractivity contribution in [2.45, 2.75) is 37.3 Å². The molecule has 1 saturated carbocycles. The fourth-order valence-corrected chi connectivity index (χ4v) is 2.93. The SMILES string of the molecule is C=CCN1C(N)=NCC12CCCC(OC)C2. The molecule has 0 saturated heterocycles. The molecule has 2 unspecified atom stereocenters. The van der Waals surface area contributed by atoms with Gasteiger partial charge in [0, 0.05) is 13.7 Å². The number of hydrogen-bond acceptors (Lipinski definition) is 4. The highest BCUT2D eigenvalue weighted by Gasteiger charge is 2.45. The van der Waals surface area contributed by atoms with Gasteiger partial charge in [0.15, 0.2) is 5.96 Å². The summed E-state index contributed by atoms with van der Waals surface area (Å²) in [6.07, 6.45) is 6.77. The maximum Gasteiger partial charge on any atom is 0.192 e. The first kappa shape index (κ1) is 11.5. The number of guanidine groups is 1. The summed E-state index contributed by atoms with van der Waals surface area (Å²) in [6.45, 7) is 5.39. The van der Waals surface area contributed by atoms with E-state index in [0.29, 0.717) is 12.1 Å². The molecule has 2 atom stereocenters. The van der Waals surface area contributed by atoms with E-state index in [2.05, 4.69) is 16.5 Å². The largest absolute Gasteiger partial charge is 0.381 e. The molecular formula is C12H21N3O. The molecule has 90 valence electrons. The summed E-state index contributed by atoms with van der Waals surface area (Å²) in [5.41, 5.74) is 6.04. The van der Waals surface area contributed by atoms with Crippen LogP contribution in [0.4, 0.5) is 0 Å². The molecule has 16 heavy (non-hydrogen) atoms. The van der Waals surface area contributed by atoms with E-state index in [1.165, 1.54) is 6.42 Å². The molecule has 0 aromatic heterocycles. The first-order chi connectivity index (χ1) is 7.72. The van der Waals surface area contributed by atoms with Gasteiger partial charge in [0.05, 0.1) is 18.2 Å². The van der Waals surface area contributed by atoms with Crippen LogP contribution in [-0.2, 0) is 4.74 Å². The number of rotatable bonds is 3. The highest BCUT2D eigenvalue weighted by atomic mass is 16.5. The van der Waals surface area contributed by atoms with Gasteiger partial charge in [-0.25, -0.2) is 0 Å². The van der Waals surface area contributed by atoms with Gasteiger partial charge in [-0.15, -0.1) is 6.58 Å². The molecule has 0 bridgehead atoms. The molecule has 2 N–H and O–H groups in total. The lowest BCUT2D eigenvalue weighted by Gasteiger charge is -2.44. The monoisotopic (exact) mass is 223 g/mol. The van der Waals surface area contributed by atoms with Crippen molar-refractivity contribution in [1.82, 2.24) is 4.90 Å². The number of nitrogens with two attached hydrogens (primary N) is 1. The molecule has 0 amide bonds. The van der Waals surface area contributed by atoms with Crippen molar-refractivity contribution >= 4 is 5.96 Å². The molecule has 0 aromatic rings. The molecule has 1 heterocycles. The number of ether oxygens (including phenoxy) is 1. The van der Waals surface area contributed by atoms with Crippen LogP contribution in [0.3, 0.4) is 0 Å². The third-order valence-corrected chi connectivity index (χ3v) is 3.81. The van der Waals surface area contributed by atoms with E-state index in [-0.39, 0.29) is 5.54 Å². The van der Waals surface area contributed by atoms with Crippen molar-refractivity contribution in [2.24, 2.45) is 10.7 Å². The molecular weight excluding hydrogens is 202 g/mol. The van der Waals surface area contributed by atoms with Crippen LogP contribution in [0.1, 0.15) is 25.7 Å². The third kappa shape index (κ3) is 1.82. The minimum Gasteiger partial charge on any atom is -0.381 e. The van der Waals surface area contributed by atoms with Crippen LogP contribution in [0.5, 0.6) is 0 Å². The Morgan fingerprint density at radius 1 is 1.75 bits per heavy atom. The van der Waals surface area contributed by atoms with Gasteiger partial charge in [0.25, 0.3) is 0 Å². The summed E-state index contributed by atoms with van der Waals surface area (Å²) >= 11 is 0. The molecule has 4 heteroatoms. The van der Waals surface area contributed by atoms with Gasteiger partial charge < -0.3 is 15.4 Å². The molecule has 1 fully saturated rings. The Morgan fingerprint density at radius 2 is 2.56 bits per heavy atom. The van der Waals surface area contributed by atoms with Crippen LogP contribution in [0.15, 0.2) is 17.6 Å². The van der Waals surface area contributed by atoms with Crippen LogP contribution in [-0.4, -0.2) is 42.7 Å². The zero-order valence-electron chi connectivity index (χ0n) is 9.98. The summed E-state index contributed by atoms with van der Waals surface area (Å²) < 4.78 is 5.50. The molecule has 4 nitrogen and oxygen atoms in total. The minimum absolute atomic E-state index is 0.0944. The van der Waals surface area contributed by atoms with Crippen LogP contribution >= 0.6 is 0 Å². The van der Waals surface area contributed by atoms with E-state index >= 15 is 0 Å². The lowest BCUT2D eigenvalue weighted by Crippen LogP contribution is -2.55. The molecule has 2 rings (SSSR count). The van der Waals surface area contributed by atoms with Gasteiger partial charge in [0.1, 0.15) is 0 Å². The molecule has 1 spiro atoms. The summed E-state index contributed by atoms with van der Waals surface area (Å²) in [4.78, 5) is 6.60. The predicted molar refractivity (Wildman–Crippen MR) is 65.4 cm³/mol. The zero-order valence-corrected chi connectivity index (χ0v) is 9.98. The van der Waals surface area contributed by atoms with Gasteiger partial charge in [-0.1, -0.05) is 6.08 Å². The van der Waals surface area contributed by atoms with E-state index in [4.69, 9.17) is 10.5 Å². The number of aliphatic imine (C=N–C) groups is 1. The Kier molecular flexibility index (Phi) is 3.19. The van der Waals surface area contributed by atoms with Gasteiger partial charge in [-0.3, -0.25) is 4.99 Å². The Balaban J connectivity index is 2.14. The Bertz CT molecular complexity index is 303. The molecule has 0 aromatic carbocycles. The molecule has 1 aliphatic carbocycles. The second-order valence-corrected chi connectivity index (χ2v) is 4.75. The van der Waals surface area contributed by atoms with Crippen LogP contribution < -0.4 is 5.73 Å². The van der Waals surface area contributed by atoms with Gasteiger partial charge in [-0.2, -0.15) is 0 Å². The molecule has 0 radical (unpaired) electrons. The summed E-state index contributed by atoms with van der Waals surface area (Å²) in [5, 5.41) is 0. The van der Waals surface area contributed by atoms with Crippen molar-refractivity contribution in [1.29, 1.82) is 0 Å². The van der Waals surface area contributed by atoms with E-state index in [0.717, 1.165) is 32.4 Å². The van der Waals surface area contributed by atoms with Crippen LogP contribution in [0.2, 0.25) is 0 Å². The van der Waals surface area contributed by atoms with Crippen molar-refractivity contribution < 1.29 is 4.74 Å². The van der Waals surface area contributed by atoms with E-state index in [1.807, 2.05) is 6.08 Å². The highest BCUT2D eigenvalue weighted by Crippen LogP contribution is 2.37. The minimum atomic E-state index is 0.0944. The van der Waals surface area contributed by atoms with Crippen LogP contribution in [0, 0.1) is 0 Å².